The Kier molecular flexibility index (Phi) is 3.21. The molecule has 2 heterocycles. The molecule has 0 aromatic carbocycles. The van der Waals surface area contributed by atoms with Crippen LogP contribution in [-0.4, -0.2) is 29.8 Å². The average Bonchev–Trinajstić information content (AvgIpc) is 2.74. The first kappa shape index (κ1) is 10.4. The molecule has 3 heteroatoms. The van der Waals surface area contributed by atoms with E-state index < -0.39 is 0 Å². The number of pyridine rings is 1. The number of hydrogen-bond donors (Lipinski definition) is 1. The number of rotatable bonds is 3. The summed E-state index contributed by atoms with van der Waals surface area (Å²) in [7, 11) is 0. The number of anilines is 1. The van der Waals surface area contributed by atoms with Crippen LogP contribution in [0.5, 0.6) is 0 Å². The zero-order valence-corrected chi connectivity index (χ0v) is 9.24. The van der Waals surface area contributed by atoms with Gasteiger partial charge >= 0.3 is 0 Å². The van der Waals surface area contributed by atoms with Gasteiger partial charge in [0.25, 0.3) is 0 Å². The van der Waals surface area contributed by atoms with E-state index in [4.69, 9.17) is 5.11 Å². The van der Waals surface area contributed by atoms with Crippen molar-refractivity contribution in [3.8, 4) is 0 Å². The first-order valence-electron chi connectivity index (χ1n) is 5.62. The summed E-state index contributed by atoms with van der Waals surface area (Å²) in [5, 5.41) is 8.89. The molecule has 1 aliphatic heterocycles. The van der Waals surface area contributed by atoms with Gasteiger partial charge in [-0.2, -0.15) is 0 Å². The Labute approximate surface area is 90.8 Å². The van der Waals surface area contributed by atoms with E-state index >= 15 is 0 Å². The van der Waals surface area contributed by atoms with Crippen molar-refractivity contribution in [1.29, 1.82) is 0 Å². The average molecular weight is 206 g/mol. The van der Waals surface area contributed by atoms with Crippen molar-refractivity contribution >= 4 is 5.82 Å². The lowest BCUT2D eigenvalue weighted by Crippen LogP contribution is -2.19. The van der Waals surface area contributed by atoms with Gasteiger partial charge in [0.05, 0.1) is 0 Å². The van der Waals surface area contributed by atoms with E-state index in [0.717, 1.165) is 24.5 Å². The van der Waals surface area contributed by atoms with E-state index in [0.29, 0.717) is 6.42 Å². The highest BCUT2D eigenvalue weighted by molar-refractivity contribution is 5.44. The molecule has 0 saturated carbocycles. The summed E-state index contributed by atoms with van der Waals surface area (Å²) in [6.07, 6.45) is 5.16. The number of hydrogen-bond acceptors (Lipinski definition) is 3. The third-order valence-electron chi connectivity index (χ3n) is 3.02. The fourth-order valence-corrected chi connectivity index (χ4v) is 2.07. The molecular formula is C12H18N2O. The number of nitrogens with zero attached hydrogens (tertiary/aromatic N) is 2. The van der Waals surface area contributed by atoms with Crippen molar-refractivity contribution in [2.75, 3.05) is 24.6 Å². The molecule has 3 nitrogen and oxygen atoms in total. The van der Waals surface area contributed by atoms with E-state index in [1.54, 1.807) is 0 Å². The second kappa shape index (κ2) is 4.62. The molecule has 0 amide bonds. The molecule has 0 bridgehead atoms. The summed E-state index contributed by atoms with van der Waals surface area (Å²) < 4.78 is 0. The third-order valence-corrected chi connectivity index (χ3v) is 3.02. The minimum Gasteiger partial charge on any atom is -0.396 e. The number of aromatic nitrogens is 1. The maximum absolute atomic E-state index is 8.89. The monoisotopic (exact) mass is 206 g/mol. The molecule has 1 aliphatic rings. The summed E-state index contributed by atoms with van der Waals surface area (Å²) >= 11 is 0. The van der Waals surface area contributed by atoms with Gasteiger partial charge in [0.1, 0.15) is 5.82 Å². The molecule has 0 atom stereocenters. The van der Waals surface area contributed by atoms with Crippen molar-refractivity contribution in [2.24, 2.45) is 0 Å². The summed E-state index contributed by atoms with van der Waals surface area (Å²) in [5.74, 6) is 1.09. The SMILES string of the molecule is Cc1cc(N2CCCC2)ncc1CCO. The molecule has 0 aliphatic carbocycles. The zero-order valence-electron chi connectivity index (χ0n) is 9.24. The lowest BCUT2D eigenvalue weighted by molar-refractivity contribution is 0.299. The van der Waals surface area contributed by atoms with Crippen LogP contribution >= 0.6 is 0 Å². The van der Waals surface area contributed by atoms with Gasteiger partial charge in [-0.15, -0.1) is 0 Å². The second-order valence-electron chi connectivity index (χ2n) is 4.14. The van der Waals surface area contributed by atoms with Crippen LogP contribution < -0.4 is 4.90 Å². The smallest absolute Gasteiger partial charge is 0.128 e. The van der Waals surface area contributed by atoms with Gasteiger partial charge in [-0.1, -0.05) is 0 Å². The van der Waals surface area contributed by atoms with Gasteiger partial charge in [0.15, 0.2) is 0 Å². The molecule has 1 saturated heterocycles. The molecule has 15 heavy (non-hydrogen) atoms. The Hall–Kier alpha value is -1.09. The van der Waals surface area contributed by atoms with Gasteiger partial charge in [0, 0.05) is 25.9 Å². The number of aliphatic hydroxyl groups is 1. The highest BCUT2D eigenvalue weighted by Gasteiger charge is 2.13. The zero-order chi connectivity index (χ0) is 10.7. The molecule has 82 valence electrons. The molecule has 0 spiro atoms. The Morgan fingerprint density at radius 1 is 1.40 bits per heavy atom. The molecule has 0 radical (unpaired) electrons. The molecular weight excluding hydrogens is 188 g/mol. The van der Waals surface area contributed by atoms with E-state index in [2.05, 4.69) is 22.9 Å². The molecule has 1 N–H and O–H groups in total. The van der Waals surface area contributed by atoms with E-state index in [1.165, 1.54) is 18.4 Å². The molecule has 2 rings (SSSR count). The van der Waals surface area contributed by atoms with Crippen LogP contribution in [0.1, 0.15) is 24.0 Å². The predicted molar refractivity (Wildman–Crippen MR) is 61.2 cm³/mol. The topological polar surface area (TPSA) is 36.4 Å². The Bertz CT molecular complexity index is 332. The Morgan fingerprint density at radius 3 is 2.73 bits per heavy atom. The Balaban J connectivity index is 2.16. The normalized spacial score (nSPS) is 16.0. The number of aryl methyl sites for hydroxylation is 1. The lowest BCUT2D eigenvalue weighted by Gasteiger charge is -2.17. The lowest BCUT2D eigenvalue weighted by atomic mass is 10.1. The van der Waals surface area contributed by atoms with Crippen LogP contribution in [0.25, 0.3) is 0 Å². The minimum absolute atomic E-state index is 0.200. The maximum atomic E-state index is 8.89. The van der Waals surface area contributed by atoms with E-state index in [9.17, 15) is 0 Å². The van der Waals surface area contributed by atoms with Gasteiger partial charge in [-0.25, -0.2) is 4.98 Å². The Morgan fingerprint density at radius 2 is 2.13 bits per heavy atom. The predicted octanol–water partition coefficient (Wildman–Crippen LogP) is 1.53. The third kappa shape index (κ3) is 2.29. The van der Waals surface area contributed by atoms with Crippen LogP contribution in [0, 0.1) is 6.92 Å². The second-order valence-corrected chi connectivity index (χ2v) is 4.14. The van der Waals surface area contributed by atoms with Gasteiger partial charge < -0.3 is 10.0 Å². The fraction of sp³-hybridized carbons (Fsp3) is 0.583. The van der Waals surface area contributed by atoms with Crippen molar-refractivity contribution in [3.63, 3.8) is 0 Å². The fourth-order valence-electron chi connectivity index (χ4n) is 2.07. The minimum atomic E-state index is 0.200. The standard InChI is InChI=1S/C12H18N2O/c1-10-8-12(14-5-2-3-6-14)13-9-11(10)4-7-15/h8-9,15H,2-7H2,1H3. The molecule has 0 unspecified atom stereocenters. The quantitative estimate of drug-likeness (QED) is 0.814. The van der Waals surface area contributed by atoms with Gasteiger partial charge in [-0.3, -0.25) is 0 Å². The highest BCUT2D eigenvalue weighted by Crippen LogP contribution is 2.20. The van der Waals surface area contributed by atoms with Crippen molar-refractivity contribution in [1.82, 2.24) is 4.98 Å². The van der Waals surface area contributed by atoms with Crippen LogP contribution in [-0.2, 0) is 6.42 Å². The van der Waals surface area contributed by atoms with Crippen LogP contribution in [0.4, 0.5) is 5.82 Å². The van der Waals surface area contributed by atoms with E-state index in [1.807, 2.05) is 6.20 Å². The number of aliphatic hydroxyl groups excluding tert-OH is 1. The van der Waals surface area contributed by atoms with Crippen molar-refractivity contribution < 1.29 is 5.11 Å². The summed E-state index contributed by atoms with van der Waals surface area (Å²) in [6, 6.07) is 2.14. The van der Waals surface area contributed by atoms with Crippen molar-refractivity contribution in [2.45, 2.75) is 26.2 Å². The van der Waals surface area contributed by atoms with Gasteiger partial charge in [-0.05, 0) is 43.4 Å². The molecule has 1 aromatic rings. The van der Waals surface area contributed by atoms with Crippen LogP contribution in [0.2, 0.25) is 0 Å². The van der Waals surface area contributed by atoms with Crippen LogP contribution in [0.15, 0.2) is 12.3 Å². The summed E-state index contributed by atoms with van der Waals surface area (Å²) in [5.41, 5.74) is 2.39. The van der Waals surface area contributed by atoms with Gasteiger partial charge in [0.2, 0.25) is 0 Å². The maximum Gasteiger partial charge on any atom is 0.128 e. The first-order valence-corrected chi connectivity index (χ1v) is 5.62. The van der Waals surface area contributed by atoms with Crippen LogP contribution in [0.3, 0.4) is 0 Å². The van der Waals surface area contributed by atoms with Crippen molar-refractivity contribution in [3.05, 3.63) is 23.4 Å². The highest BCUT2D eigenvalue weighted by atomic mass is 16.2. The largest absolute Gasteiger partial charge is 0.396 e. The summed E-state index contributed by atoms with van der Waals surface area (Å²) in [6.45, 7) is 4.55. The first-order chi connectivity index (χ1) is 7.31. The molecule has 1 fully saturated rings. The van der Waals surface area contributed by atoms with E-state index in [-0.39, 0.29) is 6.61 Å². The summed E-state index contributed by atoms with van der Waals surface area (Å²) in [4.78, 5) is 6.78. The molecule has 1 aromatic heterocycles.